The number of rotatable bonds is 13. The van der Waals surface area contributed by atoms with Gasteiger partial charge in [0.05, 0.1) is 46.0 Å². The molecule has 0 aliphatic carbocycles. The van der Waals surface area contributed by atoms with Crippen LogP contribution in [0.4, 0.5) is 43.3 Å². The minimum Gasteiger partial charge on any atom is -0.494 e. The number of methoxy groups -OCH3 is 1. The van der Waals surface area contributed by atoms with Gasteiger partial charge in [0.2, 0.25) is 17.8 Å². The van der Waals surface area contributed by atoms with Gasteiger partial charge >= 0.3 is 0 Å². The Morgan fingerprint density at radius 3 is 2.15 bits per heavy atom. The van der Waals surface area contributed by atoms with Crippen LogP contribution >= 0.6 is 23.1 Å². The molecule has 1 spiro atoms. The fourth-order valence-corrected chi connectivity index (χ4v) is 13.4. The molecule has 11 rings (SSSR count). The lowest BCUT2D eigenvalue weighted by molar-refractivity contribution is -0.136. The molecule has 21 heteroatoms. The third-order valence-corrected chi connectivity index (χ3v) is 18.5. The van der Waals surface area contributed by atoms with Crippen molar-refractivity contribution in [3.63, 3.8) is 0 Å². The number of ether oxygens (including phenoxy) is 1. The molecule has 4 fully saturated rings. The minimum absolute atomic E-state index is 0.0143. The maximum Gasteiger partial charge on any atom is 0.262 e. The first kappa shape index (κ1) is 53.0. The van der Waals surface area contributed by atoms with Gasteiger partial charge in [-0.25, -0.2) is 13.8 Å². The molecule has 5 aliphatic heterocycles. The van der Waals surface area contributed by atoms with Crippen LogP contribution in [0.2, 0.25) is 0 Å². The molecule has 4 amide bonds. The van der Waals surface area contributed by atoms with Gasteiger partial charge in [-0.05, 0) is 141 Å². The molecule has 406 valence electrons. The van der Waals surface area contributed by atoms with Gasteiger partial charge in [-0.2, -0.15) is 10.1 Å². The molecule has 7 heterocycles. The SMILES string of the molecule is COc1cc(N2CCC(CN3CCC4(CC3)CCN(c3cc5c(cc3F)C(=O)N(C3CCC(=O)NC3=O)C5=O)CC4)CC2)c(-c2cnn(C)c2)cc1Nc1ncc(Br)c(Nc2ccc(-c3ccccc3F)cc2P(C)(C)=O)n1. The highest BCUT2D eigenvalue weighted by molar-refractivity contribution is 9.10. The predicted octanol–water partition coefficient (Wildman–Crippen LogP) is 9.33. The minimum atomic E-state index is -2.86. The highest BCUT2D eigenvalue weighted by Gasteiger charge is 2.46. The second-order valence-corrected chi connectivity index (χ2v) is 25.7. The van der Waals surface area contributed by atoms with Crippen molar-refractivity contribution in [2.24, 2.45) is 18.4 Å². The average molecular weight is 1150 g/mol. The normalized spacial score (nSPS) is 19.1. The highest BCUT2D eigenvalue weighted by Crippen LogP contribution is 2.46. The number of amides is 4. The zero-order valence-electron chi connectivity index (χ0n) is 44.0. The van der Waals surface area contributed by atoms with E-state index in [1.807, 2.05) is 24.3 Å². The van der Waals surface area contributed by atoms with E-state index in [4.69, 9.17) is 9.72 Å². The molecule has 17 nitrogen and oxygen atoms in total. The van der Waals surface area contributed by atoms with E-state index in [-0.39, 0.29) is 35.2 Å². The molecule has 1 unspecified atom stereocenters. The van der Waals surface area contributed by atoms with E-state index in [0.29, 0.717) is 74.5 Å². The third kappa shape index (κ3) is 10.5. The first-order valence-corrected chi connectivity index (χ1v) is 29.8. The van der Waals surface area contributed by atoms with Crippen molar-refractivity contribution in [3.05, 3.63) is 113 Å². The number of imide groups is 2. The smallest absolute Gasteiger partial charge is 0.262 e. The summed E-state index contributed by atoms with van der Waals surface area (Å²) in [6.07, 6.45) is 11.5. The molecule has 1 atom stereocenters. The van der Waals surface area contributed by atoms with Crippen LogP contribution in [-0.2, 0) is 21.2 Å². The fourth-order valence-electron chi connectivity index (χ4n) is 12.0. The zero-order chi connectivity index (χ0) is 54.6. The summed E-state index contributed by atoms with van der Waals surface area (Å²) in [6.45, 7) is 9.40. The van der Waals surface area contributed by atoms with E-state index in [1.165, 1.54) is 12.1 Å². The standard InChI is InChI=1S/C57H61BrF2N11O6P/c1-67-33-36(30-62-67)38-27-45(64-56-61-31-41(58)52(66-56)63-44-10-9-35(25-50(44)78(3,4)76)37-7-5-6-8-42(37)59)49(77-2)29-47(38)69-19-13-34(14-20-69)32-68-21-15-57(16-22-68)17-23-70(24-18-57)48-28-40-39(26-43(48)60)54(74)71(55(40)75)46-11-12-51(72)65-53(46)73/h5-10,25-31,33-34,46H,11-24,32H2,1-4H3,(H,65,72,73)(H2,61,63,64,66). The van der Waals surface area contributed by atoms with Crippen LogP contribution in [0.3, 0.4) is 0 Å². The summed E-state index contributed by atoms with van der Waals surface area (Å²) in [5, 5.41) is 14.0. The molecular formula is C57H61BrF2N11O6P. The molecule has 78 heavy (non-hydrogen) atoms. The molecular weight excluding hydrogens is 1080 g/mol. The predicted molar refractivity (Wildman–Crippen MR) is 300 cm³/mol. The van der Waals surface area contributed by atoms with Crippen LogP contribution in [0.25, 0.3) is 22.3 Å². The number of piperidine rings is 4. The molecule has 5 aliphatic rings. The number of likely N-dealkylation sites (tertiary alicyclic amines) is 1. The van der Waals surface area contributed by atoms with E-state index in [2.05, 4.69) is 63.9 Å². The number of hydrogen-bond donors (Lipinski definition) is 3. The van der Waals surface area contributed by atoms with Crippen LogP contribution in [0.1, 0.15) is 72.1 Å². The number of fused-ring (bicyclic) bond motifs is 1. The summed E-state index contributed by atoms with van der Waals surface area (Å²) < 4.78 is 52.6. The fraction of sp³-hybridized carbons (Fsp3) is 0.386. The third-order valence-electron chi connectivity index (χ3n) is 16.4. The average Bonchev–Trinajstić information content (AvgIpc) is 4.20. The first-order chi connectivity index (χ1) is 37.4. The van der Waals surface area contributed by atoms with Gasteiger partial charge in [0.1, 0.15) is 36.4 Å². The van der Waals surface area contributed by atoms with Crippen molar-refractivity contribution in [2.75, 3.05) is 86.7 Å². The van der Waals surface area contributed by atoms with Gasteiger partial charge in [-0.3, -0.25) is 34.1 Å². The van der Waals surface area contributed by atoms with E-state index in [0.717, 1.165) is 99.0 Å². The van der Waals surface area contributed by atoms with Gasteiger partial charge in [-0.15, -0.1) is 0 Å². The number of benzene rings is 4. The maximum atomic E-state index is 15.7. The quantitative estimate of drug-likeness (QED) is 0.0733. The van der Waals surface area contributed by atoms with Crippen LogP contribution < -0.4 is 35.8 Å². The number of aryl methyl sites for hydroxylation is 1. The van der Waals surface area contributed by atoms with Gasteiger partial charge < -0.3 is 34.6 Å². The monoisotopic (exact) mass is 1140 g/mol. The molecule has 0 radical (unpaired) electrons. The van der Waals surface area contributed by atoms with Gasteiger partial charge in [0, 0.05) is 92.3 Å². The maximum absolute atomic E-state index is 15.7. The Labute approximate surface area is 459 Å². The van der Waals surface area contributed by atoms with Crippen LogP contribution in [-0.4, -0.2) is 125 Å². The number of halogens is 3. The van der Waals surface area contributed by atoms with Crippen LogP contribution in [0.5, 0.6) is 5.75 Å². The Balaban J connectivity index is 0.720. The summed E-state index contributed by atoms with van der Waals surface area (Å²) >= 11 is 3.60. The number of hydrogen-bond acceptors (Lipinski definition) is 14. The highest BCUT2D eigenvalue weighted by atomic mass is 79.9. The molecule has 4 saturated heterocycles. The van der Waals surface area contributed by atoms with Gasteiger partial charge in [0.15, 0.2) is 0 Å². The topological polar surface area (TPSA) is 187 Å². The lowest BCUT2D eigenvalue weighted by Gasteiger charge is -2.48. The zero-order valence-corrected chi connectivity index (χ0v) is 46.4. The molecule has 3 N–H and O–H groups in total. The van der Waals surface area contributed by atoms with Crippen molar-refractivity contribution in [3.8, 4) is 28.0 Å². The Hall–Kier alpha value is -7.02. The molecule has 2 aromatic heterocycles. The number of nitrogens with one attached hydrogen (secondary N) is 3. The number of carbonyl (C=O) groups is 4. The molecule has 0 bridgehead atoms. The molecule has 4 aromatic carbocycles. The lowest BCUT2D eigenvalue weighted by Crippen LogP contribution is -2.54. The van der Waals surface area contributed by atoms with Crippen LogP contribution in [0.15, 0.2) is 89.8 Å². The summed E-state index contributed by atoms with van der Waals surface area (Å²) in [6, 6.07) is 17.5. The summed E-state index contributed by atoms with van der Waals surface area (Å²) in [4.78, 5) is 68.4. The van der Waals surface area contributed by atoms with Crippen molar-refractivity contribution in [2.45, 2.75) is 57.4 Å². The molecule has 6 aromatic rings. The van der Waals surface area contributed by atoms with E-state index < -0.39 is 42.6 Å². The second kappa shape index (κ2) is 21.3. The first-order valence-electron chi connectivity index (χ1n) is 26.4. The summed E-state index contributed by atoms with van der Waals surface area (Å²) in [5.41, 5.74) is 5.73. The van der Waals surface area contributed by atoms with Gasteiger partial charge in [0.25, 0.3) is 11.8 Å². The van der Waals surface area contributed by atoms with Crippen molar-refractivity contribution < 1.29 is 37.3 Å². The van der Waals surface area contributed by atoms with Crippen molar-refractivity contribution >= 4 is 86.5 Å². The van der Waals surface area contributed by atoms with E-state index in [1.54, 1.807) is 67.7 Å². The number of carbonyl (C=O) groups excluding carboxylic acids is 4. The van der Waals surface area contributed by atoms with E-state index in [9.17, 15) is 28.1 Å². The Morgan fingerprint density at radius 1 is 0.769 bits per heavy atom. The Bertz CT molecular complexity index is 3420. The largest absolute Gasteiger partial charge is 0.494 e. The summed E-state index contributed by atoms with van der Waals surface area (Å²) in [7, 11) is 0.683. The van der Waals surface area contributed by atoms with Crippen molar-refractivity contribution in [1.82, 2.24) is 34.9 Å². The van der Waals surface area contributed by atoms with Crippen molar-refractivity contribution in [1.29, 1.82) is 0 Å². The second-order valence-electron chi connectivity index (χ2n) is 21.7. The lowest BCUT2D eigenvalue weighted by atomic mass is 9.71. The number of nitrogens with zero attached hydrogens (tertiary/aromatic N) is 8. The number of aromatic nitrogens is 4. The number of anilines is 6. The summed E-state index contributed by atoms with van der Waals surface area (Å²) in [5.74, 6) is -1.55. The Morgan fingerprint density at radius 2 is 1.47 bits per heavy atom. The Kier molecular flexibility index (Phi) is 14.5. The van der Waals surface area contributed by atoms with Gasteiger partial charge in [-0.1, -0.05) is 24.3 Å². The molecule has 0 saturated carbocycles. The van der Waals surface area contributed by atoms with E-state index >= 15 is 4.39 Å². The van der Waals surface area contributed by atoms with Crippen LogP contribution in [0, 0.1) is 23.0 Å².